The number of aryl methyl sites for hydroxylation is 2. The van der Waals surface area contributed by atoms with Gasteiger partial charge in [0.2, 0.25) is 0 Å². The van der Waals surface area contributed by atoms with Gasteiger partial charge in [0, 0.05) is 27.1 Å². The van der Waals surface area contributed by atoms with E-state index in [0.717, 1.165) is 44.8 Å². The largest absolute Gasteiger partial charge is 0.457 e. The van der Waals surface area contributed by atoms with Gasteiger partial charge < -0.3 is 4.42 Å². The molecule has 0 radical (unpaired) electrons. The van der Waals surface area contributed by atoms with Crippen molar-refractivity contribution in [3.63, 3.8) is 0 Å². The number of pyridine rings is 1. The van der Waals surface area contributed by atoms with Crippen LogP contribution in [0.15, 0.2) is 77.0 Å². The Bertz CT molecular complexity index is 1360. The summed E-state index contributed by atoms with van der Waals surface area (Å²) < 4.78 is 32.3. The molecule has 0 N–H and O–H groups in total. The van der Waals surface area contributed by atoms with E-state index >= 15 is 0 Å². The second-order valence-corrected chi connectivity index (χ2v) is 7.64. The van der Waals surface area contributed by atoms with Gasteiger partial charge in [-0.1, -0.05) is 48.5 Å². The van der Waals surface area contributed by atoms with Crippen LogP contribution in [0.5, 0.6) is 0 Å². The highest BCUT2D eigenvalue weighted by molar-refractivity contribution is 6.79. The molecule has 1 aliphatic heterocycles. The van der Waals surface area contributed by atoms with E-state index in [-0.39, 0.29) is 6.85 Å². The van der Waals surface area contributed by atoms with E-state index < -0.39 is 6.85 Å². The Kier molecular flexibility index (Phi) is 3.38. The summed E-state index contributed by atoms with van der Waals surface area (Å²) in [6, 6.07) is 19.8. The fraction of sp³-hybridized carbons (Fsp3) is 0.160. The minimum Gasteiger partial charge on any atom is -0.457 e. The van der Waals surface area contributed by atoms with Crippen molar-refractivity contribution in [2.45, 2.75) is 20.6 Å². The molecule has 0 spiro atoms. The van der Waals surface area contributed by atoms with Gasteiger partial charge in [-0.2, -0.15) is 0 Å². The Morgan fingerprint density at radius 1 is 1.07 bits per heavy atom. The molecule has 0 saturated carbocycles. The lowest BCUT2D eigenvalue weighted by Gasteiger charge is -2.27. The standard InChI is InChI=1S/C25H24BN2O/c1-17-16-27(4)24(15-21(17)19-10-6-5-7-11-19)28-18(2)14-23-25(26(28)3)20-12-8-9-13-22(20)29-23/h5-16H,1-4H3/q+1/i1D3. The third kappa shape index (κ3) is 2.79. The first-order chi connectivity index (χ1) is 15.3. The number of allylic oxidation sites excluding steroid dienone is 1. The van der Waals surface area contributed by atoms with Crippen molar-refractivity contribution in [3.05, 3.63) is 83.9 Å². The summed E-state index contributed by atoms with van der Waals surface area (Å²) in [5.41, 5.74) is 5.02. The van der Waals surface area contributed by atoms with Crippen LogP contribution in [0.3, 0.4) is 0 Å². The monoisotopic (exact) mass is 382 g/mol. The Morgan fingerprint density at radius 3 is 2.62 bits per heavy atom. The van der Waals surface area contributed by atoms with Crippen molar-refractivity contribution < 1.29 is 13.1 Å². The topological polar surface area (TPSA) is 20.3 Å². The quantitative estimate of drug-likeness (QED) is 0.362. The molecule has 5 rings (SSSR count). The molecule has 3 heterocycles. The van der Waals surface area contributed by atoms with Crippen LogP contribution in [0.2, 0.25) is 6.82 Å². The average Bonchev–Trinajstić information content (AvgIpc) is 3.12. The van der Waals surface area contributed by atoms with Gasteiger partial charge >= 0.3 is 6.85 Å². The van der Waals surface area contributed by atoms with Crippen LogP contribution < -0.4 is 14.8 Å². The Morgan fingerprint density at radius 2 is 1.83 bits per heavy atom. The molecule has 0 amide bonds. The van der Waals surface area contributed by atoms with Crippen LogP contribution in [0.1, 0.15) is 22.4 Å². The molecule has 0 fully saturated rings. The van der Waals surface area contributed by atoms with Crippen LogP contribution in [-0.4, -0.2) is 6.85 Å². The number of anilines is 1. The fourth-order valence-electron chi connectivity index (χ4n) is 4.43. The summed E-state index contributed by atoms with van der Waals surface area (Å²) in [5.74, 6) is 1.81. The molecule has 2 aromatic carbocycles. The van der Waals surface area contributed by atoms with E-state index in [1.807, 2.05) is 66.2 Å². The fourth-order valence-corrected chi connectivity index (χ4v) is 4.43. The van der Waals surface area contributed by atoms with Crippen molar-refractivity contribution in [1.82, 2.24) is 0 Å². The minimum absolute atomic E-state index is 0.0204. The second kappa shape index (κ2) is 6.66. The summed E-state index contributed by atoms with van der Waals surface area (Å²) in [6.07, 6.45) is 3.81. The van der Waals surface area contributed by atoms with Crippen LogP contribution in [0.25, 0.3) is 28.2 Å². The normalized spacial score (nSPS) is 15.6. The summed E-state index contributed by atoms with van der Waals surface area (Å²) >= 11 is 0. The van der Waals surface area contributed by atoms with E-state index in [1.165, 1.54) is 0 Å². The number of aromatic nitrogens is 1. The molecule has 0 saturated heterocycles. The average molecular weight is 382 g/mol. The number of hydrogen-bond acceptors (Lipinski definition) is 2. The smallest absolute Gasteiger partial charge is 0.413 e. The second-order valence-electron chi connectivity index (χ2n) is 7.64. The summed E-state index contributed by atoms with van der Waals surface area (Å²) in [5, 5.41) is 1.11. The van der Waals surface area contributed by atoms with E-state index in [1.54, 1.807) is 6.20 Å². The number of furan rings is 1. The van der Waals surface area contributed by atoms with Gasteiger partial charge in [-0.25, -0.2) is 4.57 Å². The van der Waals surface area contributed by atoms with Crippen LogP contribution in [0.4, 0.5) is 5.82 Å². The van der Waals surface area contributed by atoms with Gasteiger partial charge in [-0.3, -0.25) is 4.81 Å². The first kappa shape index (κ1) is 14.7. The van der Waals surface area contributed by atoms with Crippen molar-refractivity contribution in [2.24, 2.45) is 7.05 Å². The van der Waals surface area contributed by atoms with Crippen LogP contribution >= 0.6 is 0 Å². The maximum absolute atomic E-state index is 8.10. The molecule has 4 heteroatoms. The predicted molar refractivity (Wildman–Crippen MR) is 121 cm³/mol. The first-order valence-electron chi connectivity index (χ1n) is 11.3. The number of fused-ring (bicyclic) bond motifs is 3. The maximum atomic E-state index is 8.10. The van der Waals surface area contributed by atoms with Gasteiger partial charge in [0.15, 0.2) is 0 Å². The lowest BCUT2D eigenvalue weighted by Crippen LogP contribution is -2.52. The predicted octanol–water partition coefficient (Wildman–Crippen LogP) is 4.94. The Hall–Kier alpha value is -3.27. The van der Waals surface area contributed by atoms with Gasteiger partial charge in [-0.15, -0.1) is 0 Å². The minimum atomic E-state index is -2.21. The molecule has 0 atom stereocenters. The molecule has 2 aromatic heterocycles. The number of benzene rings is 2. The number of rotatable bonds is 2. The molecule has 0 unspecified atom stereocenters. The zero-order chi connectivity index (χ0) is 22.6. The summed E-state index contributed by atoms with van der Waals surface area (Å²) in [4.78, 5) is 2.25. The zero-order valence-corrected chi connectivity index (χ0v) is 16.8. The maximum Gasteiger partial charge on any atom is 0.413 e. The first-order valence-corrected chi connectivity index (χ1v) is 9.84. The third-order valence-corrected chi connectivity index (χ3v) is 5.77. The molecule has 1 aliphatic rings. The Labute approximate surface area is 176 Å². The molecule has 0 bridgehead atoms. The summed E-state index contributed by atoms with van der Waals surface area (Å²) in [6.45, 7) is 2.03. The molecule has 0 aliphatic carbocycles. The highest BCUT2D eigenvalue weighted by Gasteiger charge is 2.40. The van der Waals surface area contributed by atoms with Gasteiger partial charge in [-0.05, 0) is 43.4 Å². The van der Waals surface area contributed by atoms with Crippen LogP contribution in [0, 0.1) is 6.85 Å². The zero-order valence-electron chi connectivity index (χ0n) is 19.8. The SMILES string of the molecule is [2H]C([2H])([2H])c1c[n+](C)c(N2B(C)c3c(oc4ccccc34)C=C2C)cc1-c1ccccc1. The van der Waals surface area contributed by atoms with Crippen LogP contribution in [-0.2, 0) is 7.05 Å². The lowest BCUT2D eigenvalue weighted by atomic mass is 9.53. The molecule has 29 heavy (non-hydrogen) atoms. The molecular weight excluding hydrogens is 355 g/mol. The third-order valence-electron chi connectivity index (χ3n) is 5.77. The molecular formula is C25H24BN2O+. The number of hydrogen-bond donors (Lipinski definition) is 0. The van der Waals surface area contributed by atoms with E-state index in [9.17, 15) is 0 Å². The lowest BCUT2D eigenvalue weighted by molar-refractivity contribution is -0.658. The number of nitrogens with zero attached hydrogens (tertiary/aromatic N) is 2. The van der Waals surface area contributed by atoms with E-state index in [2.05, 4.69) is 30.7 Å². The highest BCUT2D eigenvalue weighted by atomic mass is 16.3. The molecule has 3 nitrogen and oxygen atoms in total. The van der Waals surface area contributed by atoms with Gasteiger partial charge in [0.25, 0.3) is 5.82 Å². The molecule has 142 valence electrons. The Balaban J connectivity index is 1.71. The molecule has 4 aromatic rings. The van der Waals surface area contributed by atoms with E-state index in [4.69, 9.17) is 8.53 Å². The van der Waals surface area contributed by atoms with Crippen molar-refractivity contribution in [1.29, 1.82) is 0 Å². The van der Waals surface area contributed by atoms with Gasteiger partial charge in [0.05, 0.1) is 18.9 Å². The van der Waals surface area contributed by atoms with Crippen molar-refractivity contribution in [2.75, 3.05) is 4.81 Å². The van der Waals surface area contributed by atoms with Crippen molar-refractivity contribution >= 4 is 35.2 Å². The summed E-state index contributed by atoms with van der Waals surface area (Å²) in [7, 11) is 1.91. The van der Waals surface area contributed by atoms with E-state index in [0.29, 0.717) is 5.56 Å². The number of para-hydroxylation sites is 1. The highest BCUT2D eigenvalue weighted by Crippen LogP contribution is 2.31. The van der Waals surface area contributed by atoms with Gasteiger partial charge in [0.1, 0.15) is 11.3 Å². The van der Waals surface area contributed by atoms with Crippen molar-refractivity contribution in [3.8, 4) is 11.1 Å².